The van der Waals surface area contributed by atoms with Gasteiger partial charge in [0.25, 0.3) is 0 Å². The van der Waals surface area contributed by atoms with Crippen molar-refractivity contribution in [3.05, 3.63) is 34.9 Å². The van der Waals surface area contributed by atoms with E-state index in [1.165, 1.54) is 11.1 Å². The van der Waals surface area contributed by atoms with Crippen molar-refractivity contribution < 1.29 is 4.55 Å². The zero-order valence-electron chi connectivity index (χ0n) is 15.1. The van der Waals surface area contributed by atoms with Gasteiger partial charge in [-0.15, -0.1) is 4.72 Å². The highest BCUT2D eigenvalue weighted by Crippen LogP contribution is 2.52. The fourth-order valence-electron chi connectivity index (χ4n) is 3.96. The Bertz CT molecular complexity index is 674. The van der Waals surface area contributed by atoms with Crippen molar-refractivity contribution in [3.8, 4) is 6.07 Å². The highest BCUT2D eigenvalue weighted by atomic mass is 79.9. The molecule has 1 fully saturated rings. The van der Waals surface area contributed by atoms with E-state index in [-0.39, 0.29) is 16.2 Å². The molecule has 1 N–H and O–H groups in total. The third-order valence-electron chi connectivity index (χ3n) is 5.54. The molecule has 3 rings (SSSR count). The molecule has 0 unspecified atom stereocenters. The third kappa shape index (κ3) is 3.77. The number of halogens is 1. The lowest BCUT2D eigenvalue weighted by Crippen LogP contribution is -2.49. The quantitative estimate of drug-likeness (QED) is 0.457. The molecule has 136 valence electrons. The Morgan fingerprint density at radius 1 is 1.40 bits per heavy atom. The molecule has 0 bridgehead atoms. The van der Waals surface area contributed by atoms with Gasteiger partial charge < -0.3 is 4.55 Å². The molecule has 2 atom stereocenters. The summed E-state index contributed by atoms with van der Waals surface area (Å²) >= 11 is 2.43. The Morgan fingerprint density at radius 3 is 2.64 bits per heavy atom. The second-order valence-electron chi connectivity index (χ2n) is 8.23. The van der Waals surface area contributed by atoms with Crippen molar-refractivity contribution in [2.75, 3.05) is 18.5 Å². The zero-order valence-corrected chi connectivity index (χ0v) is 17.5. The Morgan fingerprint density at radius 2 is 2.08 bits per heavy atom. The molecule has 6 heteroatoms. The molecular weight excluding hydrogens is 398 g/mol. The van der Waals surface area contributed by atoms with Gasteiger partial charge >= 0.3 is 0 Å². The van der Waals surface area contributed by atoms with Crippen LogP contribution in [-0.4, -0.2) is 32.7 Å². The summed E-state index contributed by atoms with van der Waals surface area (Å²) in [5.41, 5.74) is 4.15. The maximum absolute atomic E-state index is 12.8. The standard InChI is InChI=1S/C19H26BrN3OS/c1-18(2,3)25(24)22-17-16-10-14(12-21)4-5-15(16)11-19(17)6-8-23(13-20)9-7-19/h4-5,10,17,22H,6-9,11,13H2,1-3H3/t17-,25-/m1/s1. The van der Waals surface area contributed by atoms with Crippen LogP contribution in [0.1, 0.15) is 56.3 Å². The fourth-order valence-corrected chi connectivity index (χ4v) is 5.41. The average molecular weight is 424 g/mol. The first-order valence-corrected chi connectivity index (χ1v) is 11.1. The van der Waals surface area contributed by atoms with E-state index in [1.54, 1.807) is 0 Å². The second kappa shape index (κ2) is 7.21. The van der Waals surface area contributed by atoms with E-state index in [4.69, 9.17) is 0 Å². The smallest absolute Gasteiger partial charge is 0.136 e. The summed E-state index contributed by atoms with van der Waals surface area (Å²) in [5, 5.41) is 9.29. The van der Waals surface area contributed by atoms with E-state index < -0.39 is 11.4 Å². The number of nitriles is 1. The third-order valence-corrected chi connectivity index (χ3v) is 7.81. The van der Waals surface area contributed by atoms with Gasteiger partial charge in [-0.1, -0.05) is 22.0 Å². The molecule has 25 heavy (non-hydrogen) atoms. The lowest BCUT2D eigenvalue weighted by molar-refractivity contribution is 0.0967. The average Bonchev–Trinajstić information content (AvgIpc) is 2.87. The minimum absolute atomic E-state index is 0.0494. The van der Waals surface area contributed by atoms with E-state index >= 15 is 0 Å². The maximum Gasteiger partial charge on any atom is 0.136 e. The largest absolute Gasteiger partial charge is 0.598 e. The van der Waals surface area contributed by atoms with E-state index in [0.29, 0.717) is 5.56 Å². The van der Waals surface area contributed by atoms with E-state index in [0.717, 1.165) is 37.8 Å². The fraction of sp³-hybridized carbons (Fsp3) is 0.632. The van der Waals surface area contributed by atoms with Crippen LogP contribution in [0.4, 0.5) is 0 Å². The molecule has 2 aliphatic rings. The number of hydrogen-bond acceptors (Lipinski definition) is 4. The zero-order chi connectivity index (χ0) is 18.2. The number of nitrogens with zero attached hydrogens (tertiary/aromatic N) is 2. The predicted molar refractivity (Wildman–Crippen MR) is 106 cm³/mol. The first kappa shape index (κ1) is 19.2. The van der Waals surface area contributed by atoms with Crippen molar-refractivity contribution in [2.24, 2.45) is 5.41 Å². The molecular formula is C19H26BrN3OS. The number of nitrogens with one attached hydrogen (secondary N) is 1. The molecule has 0 saturated carbocycles. The van der Waals surface area contributed by atoms with Crippen LogP contribution in [0, 0.1) is 16.7 Å². The molecule has 0 aromatic heterocycles. The van der Waals surface area contributed by atoms with Crippen LogP contribution in [0.2, 0.25) is 0 Å². The summed E-state index contributed by atoms with van der Waals surface area (Å²) in [5.74, 6) is 0. The molecule has 0 amide bonds. The van der Waals surface area contributed by atoms with Crippen LogP contribution >= 0.6 is 15.9 Å². The number of alkyl halides is 1. The van der Waals surface area contributed by atoms with Gasteiger partial charge in [0.15, 0.2) is 0 Å². The minimum Gasteiger partial charge on any atom is -0.598 e. The minimum atomic E-state index is -1.14. The molecule has 1 saturated heterocycles. The summed E-state index contributed by atoms with van der Waals surface area (Å²) in [6, 6.07) is 8.30. The van der Waals surface area contributed by atoms with E-state index in [2.05, 4.69) is 37.7 Å². The van der Waals surface area contributed by atoms with Gasteiger partial charge in [-0.3, -0.25) is 4.90 Å². The summed E-state index contributed by atoms with van der Waals surface area (Å²) in [7, 11) is 0. The Kier molecular flexibility index (Phi) is 5.53. The monoisotopic (exact) mass is 423 g/mol. The van der Waals surface area contributed by atoms with Gasteiger partial charge in [-0.05, 0) is 76.4 Å². The number of hydrogen-bond donors (Lipinski definition) is 1. The second-order valence-corrected chi connectivity index (χ2v) is 10.7. The Hall–Kier alpha value is -0.580. The molecule has 1 aromatic rings. The number of rotatable bonds is 3. The normalized spacial score (nSPS) is 24.1. The van der Waals surface area contributed by atoms with Crippen LogP contribution in [-0.2, 0) is 17.8 Å². The van der Waals surface area contributed by atoms with Gasteiger partial charge in [0, 0.05) is 16.8 Å². The van der Waals surface area contributed by atoms with Crippen molar-refractivity contribution >= 4 is 27.3 Å². The van der Waals surface area contributed by atoms with E-state index in [1.807, 2.05) is 32.9 Å². The van der Waals surface area contributed by atoms with Crippen LogP contribution in [0.25, 0.3) is 0 Å². The maximum atomic E-state index is 12.8. The van der Waals surface area contributed by atoms with Gasteiger partial charge in [0.2, 0.25) is 0 Å². The highest BCUT2D eigenvalue weighted by molar-refractivity contribution is 9.09. The summed E-state index contributed by atoms with van der Waals surface area (Å²) in [6.07, 6.45) is 3.16. The van der Waals surface area contributed by atoms with Crippen LogP contribution < -0.4 is 4.72 Å². The number of likely N-dealkylation sites (tertiary alicyclic amines) is 1. The first-order valence-electron chi connectivity index (χ1n) is 8.78. The number of piperidine rings is 1. The number of fused-ring (bicyclic) bond motifs is 1. The molecule has 1 aliphatic heterocycles. The van der Waals surface area contributed by atoms with Gasteiger partial charge in [-0.25, -0.2) is 0 Å². The molecule has 1 aliphatic carbocycles. The van der Waals surface area contributed by atoms with Crippen molar-refractivity contribution in [1.82, 2.24) is 9.62 Å². The lowest BCUT2D eigenvalue weighted by atomic mass is 9.73. The highest BCUT2D eigenvalue weighted by Gasteiger charge is 2.50. The van der Waals surface area contributed by atoms with Gasteiger partial charge in [-0.2, -0.15) is 5.26 Å². The molecule has 4 nitrogen and oxygen atoms in total. The van der Waals surface area contributed by atoms with Crippen molar-refractivity contribution in [3.63, 3.8) is 0 Å². The van der Waals surface area contributed by atoms with Crippen LogP contribution in [0.5, 0.6) is 0 Å². The Balaban J connectivity index is 1.94. The molecule has 0 radical (unpaired) electrons. The SMILES string of the molecule is CC(C)(C)[S@@+]([O-])N[C@@H]1c2cc(C#N)ccc2CC12CCN(CBr)CC2. The molecule has 1 heterocycles. The predicted octanol–water partition coefficient (Wildman–Crippen LogP) is 3.64. The number of benzene rings is 1. The van der Waals surface area contributed by atoms with Crippen molar-refractivity contribution in [1.29, 1.82) is 5.26 Å². The summed E-state index contributed by atoms with van der Waals surface area (Å²) in [6.45, 7) is 8.09. The van der Waals surface area contributed by atoms with Crippen LogP contribution in [0.15, 0.2) is 18.2 Å². The summed E-state index contributed by atoms with van der Waals surface area (Å²) in [4.78, 5) is 2.41. The van der Waals surface area contributed by atoms with Crippen LogP contribution in [0.3, 0.4) is 0 Å². The van der Waals surface area contributed by atoms with E-state index in [9.17, 15) is 9.81 Å². The topological polar surface area (TPSA) is 62.1 Å². The molecule has 1 spiro atoms. The lowest BCUT2D eigenvalue weighted by Gasteiger charge is -2.43. The van der Waals surface area contributed by atoms with Crippen molar-refractivity contribution in [2.45, 2.75) is 50.8 Å². The Labute approximate surface area is 162 Å². The molecule has 1 aromatic carbocycles. The van der Waals surface area contributed by atoms with Gasteiger partial charge in [0.05, 0.1) is 23.1 Å². The first-order chi connectivity index (χ1) is 11.8. The summed E-state index contributed by atoms with van der Waals surface area (Å²) < 4.78 is 16.0. The van der Waals surface area contributed by atoms with Gasteiger partial charge in [0.1, 0.15) is 4.75 Å².